The molecule has 0 aliphatic rings. The molecule has 11 rings (SSSR count). The third kappa shape index (κ3) is 3.76. The van der Waals surface area contributed by atoms with Gasteiger partial charge in [-0.2, -0.15) is 4.98 Å². The molecule has 50 heavy (non-hydrogen) atoms. The molecular formula is C46H27N3O. The van der Waals surface area contributed by atoms with Gasteiger partial charge in [-0.1, -0.05) is 152 Å². The molecular weight excluding hydrogens is 611 g/mol. The van der Waals surface area contributed by atoms with E-state index in [9.17, 15) is 0 Å². The van der Waals surface area contributed by atoms with E-state index in [2.05, 4.69) is 150 Å². The van der Waals surface area contributed by atoms with Gasteiger partial charge in [0.2, 0.25) is 0 Å². The minimum absolute atomic E-state index is 0.554. The third-order valence-corrected chi connectivity index (χ3v) is 10.2. The van der Waals surface area contributed by atoms with Gasteiger partial charge in [0.15, 0.2) is 5.58 Å². The van der Waals surface area contributed by atoms with Gasteiger partial charge >= 0.3 is 5.84 Å². The number of hydrogen-bond acceptors (Lipinski definition) is 3. The fraction of sp³-hybridized carbons (Fsp3) is 0. The summed E-state index contributed by atoms with van der Waals surface area (Å²) >= 11 is 0. The van der Waals surface area contributed by atoms with Gasteiger partial charge in [-0.15, -0.1) is 0 Å². The molecule has 0 unspecified atom stereocenters. The van der Waals surface area contributed by atoms with Crippen LogP contribution in [0.25, 0.3) is 105 Å². The first kappa shape index (κ1) is 27.2. The smallest absolute Gasteiger partial charge is 0.308 e. The molecule has 4 heteroatoms. The topological polar surface area (TPSA) is 43.3 Å². The molecule has 0 amide bonds. The molecule has 0 N–H and O–H groups in total. The van der Waals surface area contributed by atoms with Crippen LogP contribution < -0.4 is 0 Å². The van der Waals surface area contributed by atoms with Crippen molar-refractivity contribution in [3.8, 4) is 33.5 Å². The summed E-state index contributed by atoms with van der Waals surface area (Å²) in [5, 5.41) is 8.25. The van der Waals surface area contributed by atoms with Crippen molar-refractivity contribution in [2.45, 2.75) is 0 Å². The maximum Gasteiger partial charge on any atom is 0.308 e. The van der Waals surface area contributed by atoms with Crippen LogP contribution in [0.2, 0.25) is 0 Å². The summed E-state index contributed by atoms with van der Waals surface area (Å²) < 4.78 is 9.01. The van der Waals surface area contributed by atoms with Crippen molar-refractivity contribution in [3.63, 3.8) is 0 Å². The molecule has 0 aliphatic heterocycles. The highest BCUT2D eigenvalue weighted by Crippen LogP contribution is 2.47. The number of oxazole rings is 1. The SMILES string of the molecule is c1ccc(-c2nc3ccccc3c3nc4oc5c(-c6c7ccccc7c(-c7cccc8ccccc78)c7ccccc67)cccc5n4c23)cc1. The molecule has 0 saturated carbocycles. The summed E-state index contributed by atoms with van der Waals surface area (Å²) in [4.78, 5) is 10.4. The molecule has 0 aliphatic carbocycles. The Kier molecular flexibility index (Phi) is 5.63. The summed E-state index contributed by atoms with van der Waals surface area (Å²) in [5.74, 6) is 0.554. The van der Waals surface area contributed by atoms with Crippen molar-refractivity contribution in [2.24, 2.45) is 0 Å². The second kappa shape index (κ2) is 10.4. The average molecular weight is 638 g/mol. The first-order valence-corrected chi connectivity index (χ1v) is 16.9. The van der Waals surface area contributed by atoms with Crippen LogP contribution in [-0.2, 0) is 0 Å². The minimum Gasteiger partial charge on any atom is -0.422 e. The summed E-state index contributed by atoms with van der Waals surface area (Å²) in [7, 11) is 0. The molecule has 3 aromatic heterocycles. The second-order valence-electron chi connectivity index (χ2n) is 12.9. The minimum atomic E-state index is 0.554. The Labute approximate surface area is 286 Å². The summed E-state index contributed by atoms with van der Waals surface area (Å²) in [6.45, 7) is 0. The van der Waals surface area contributed by atoms with Crippen LogP contribution in [0.4, 0.5) is 0 Å². The molecule has 0 fully saturated rings. The number of aromatic nitrogens is 3. The lowest BCUT2D eigenvalue weighted by molar-refractivity contribution is 0.644. The Hall–Kier alpha value is -6.78. The molecule has 3 heterocycles. The predicted octanol–water partition coefficient (Wildman–Crippen LogP) is 12.2. The van der Waals surface area contributed by atoms with Gasteiger partial charge in [-0.25, -0.2) is 4.98 Å². The van der Waals surface area contributed by atoms with Gasteiger partial charge in [-0.3, -0.25) is 4.40 Å². The number of rotatable bonds is 3. The number of nitrogens with zero attached hydrogens (tertiary/aromatic N) is 3. The Morgan fingerprint density at radius 3 is 1.74 bits per heavy atom. The van der Waals surface area contributed by atoms with E-state index >= 15 is 0 Å². The molecule has 0 radical (unpaired) electrons. The van der Waals surface area contributed by atoms with Gasteiger partial charge in [0, 0.05) is 22.1 Å². The van der Waals surface area contributed by atoms with Gasteiger partial charge in [-0.05, 0) is 55.6 Å². The Morgan fingerprint density at radius 2 is 1.00 bits per heavy atom. The zero-order chi connectivity index (χ0) is 32.8. The highest BCUT2D eigenvalue weighted by molar-refractivity contribution is 6.25. The first-order chi connectivity index (χ1) is 24.8. The zero-order valence-corrected chi connectivity index (χ0v) is 26.8. The van der Waals surface area contributed by atoms with Gasteiger partial charge in [0.25, 0.3) is 0 Å². The standard InChI is InChI=1S/C46H27N3O/c1-2-15-29(16-3-1)42-44-43(36-23-10-11-26-38(36)47-42)48-46-49(44)39-27-13-25-37(45(39)50-46)41-34-21-8-6-19-32(34)40(33-20-7-9-22-35(33)41)31-24-12-17-28-14-4-5-18-30(28)31/h1-27H. The molecule has 0 bridgehead atoms. The fourth-order valence-corrected chi connectivity index (χ4v) is 8.09. The molecule has 232 valence electrons. The Balaban J connectivity index is 1.26. The van der Waals surface area contributed by atoms with Crippen molar-refractivity contribution in [2.75, 3.05) is 0 Å². The van der Waals surface area contributed by atoms with E-state index in [1.54, 1.807) is 0 Å². The zero-order valence-electron chi connectivity index (χ0n) is 26.8. The monoisotopic (exact) mass is 637 g/mol. The summed E-state index contributed by atoms with van der Waals surface area (Å²) in [5.41, 5.74) is 11.1. The normalized spacial score (nSPS) is 12.0. The van der Waals surface area contributed by atoms with Crippen LogP contribution in [-0.4, -0.2) is 14.4 Å². The molecule has 11 aromatic rings. The van der Waals surface area contributed by atoms with Crippen molar-refractivity contribution in [3.05, 3.63) is 164 Å². The van der Waals surface area contributed by atoms with Crippen molar-refractivity contribution in [1.29, 1.82) is 0 Å². The highest BCUT2D eigenvalue weighted by atomic mass is 16.4. The number of benzene rings is 8. The van der Waals surface area contributed by atoms with Gasteiger partial charge < -0.3 is 4.42 Å². The van der Waals surface area contributed by atoms with E-state index in [0.29, 0.717) is 5.84 Å². The second-order valence-corrected chi connectivity index (χ2v) is 12.9. The van der Waals surface area contributed by atoms with Crippen LogP contribution in [0.3, 0.4) is 0 Å². The fourth-order valence-electron chi connectivity index (χ4n) is 8.09. The third-order valence-electron chi connectivity index (χ3n) is 10.2. The van der Waals surface area contributed by atoms with Crippen LogP contribution in [0, 0.1) is 0 Å². The summed E-state index contributed by atoms with van der Waals surface area (Å²) in [6.07, 6.45) is 0. The number of fused-ring (bicyclic) bond motifs is 10. The van der Waals surface area contributed by atoms with E-state index in [4.69, 9.17) is 14.4 Å². The van der Waals surface area contributed by atoms with Crippen LogP contribution in [0.1, 0.15) is 0 Å². The largest absolute Gasteiger partial charge is 0.422 e. The lowest BCUT2D eigenvalue weighted by atomic mass is 9.84. The lowest BCUT2D eigenvalue weighted by Crippen LogP contribution is -1.93. The van der Waals surface area contributed by atoms with E-state index < -0.39 is 0 Å². The number of pyridine rings is 1. The molecule has 8 aromatic carbocycles. The van der Waals surface area contributed by atoms with E-state index in [0.717, 1.165) is 55.4 Å². The maximum atomic E-state index is 6.86. The van der Waals surface area contributed by atoms with Crippen LogP contribution in [0.15, 0.2) is 168 Å². The van der Waals surface area contributed by atoms with E-state index in [1.807, 2.05) is 18.2 Å². The van der Waals surface area contributed by atoms with Crippen molar-refractivity contribution < 1.29 is 4.42 Å². The maximum absolute atomic E-state index is 6.86. The Morgan fingerprint density at radius 1 is 0.440 bits per heavy atom. The van der Waals surface area contributed by atoms with E-state index in [1.165, 1.54) is 43.4 Å². The summed E-state index contributed by atoms with van der Waals surface area (Å²) in [6, 6.07) is 57.9. The predicted molar refractivity (Wildman–Crippen MR) is 207 cm³/mol. The molecule has 0 atom stereocenters. The molecule has 0 spiro atoms. The van der Waals surface area contributed by atoms with Crippen molar-refractivity contribution >= 4 is 71.2 Å². The van der Waals surface area contributed by atoms with E-state index in [-0.39, 0.29) is 0 Å². The first-order valence-electron chi connectivity index (χ1n) is 16.9. The van der Waals surface area contributed by atoms with Crippen molar-refractivity contribution in [1.82, 2.24) is 14.4 Å². The molecule has 4 nitrogen and oxygen atoms in total. The number of hydrogen-bond donors (Lipinski definition) is 0. The highest BCUT2D eigenvalue weighted by Gasteiger charge is 2.24. The van der Waals surface area contributed by atoms with Gasteiger partial charge in [0.05, 0.1) is 16.7 Å². The quantitative estimate of drug-likeness (QED) is 0.181. The van der Waals surface area contributed by atoms with Crippen LogP contribution in [0.5, 0.6) is 0 Å². The van der Waals surface area contributed by atoms with Gasteiger partial charge in [0.1, 0.15) is 11.0 Å². The van der Waals surface area contributed by atoms with Crippen LogP contribution >= 0.6 is 0 Å². The Bertz CT molecular complexity index is 3090. The lowest BCUT2D eigenvalue weighted by Gasteiger charge is -2.18. The average Bonchev–Trinajstić information content (AvgIpc) is 3.74. The number of para-hydroxylation sites is 2. The number of imidazole rings is 1. The molecule has 0 saturated heterocycles.